The fourth-order valence-electron chi connectivity index (χ4n) is 3.66. The molecule has 1 nitrogen and oxygen atoms in total. The highest BCUT2D eigenvalue weighted by Crippen LogP contribution is 2.37. The van der Waals surface area contributed by atoms with Crippen molar-refractivity contribution in [2.24, 2.45) is 5.73 Å². The maximum atomic E-state index is 6.48. The van der Waals surface area contributed by atoms with Crippen LogP contribution in [0.2, 0.25) is 0 Å². The van der Waals surface area contributed by atoms with Crippen molar-refractivity contribution in [3.63, 3.8) is 0 Å². The lowest BCUT2D eigenvalue weighted by molar-refractivity contribution is 0.607. The van der Waals surface area contributed by atoms with Gasteiger partial charge in [0.15, 0.2) is 0 Å². The van der Waals surface area contributed by atoms with Crippen LogP contribution >= 0.6 is 12.4 Å². The first-order valence-corrected chi connectivity index (χ1v) is 8.21. The molecular formula is C21H22ClN. The van der Waals surface area contributed by atoms with E-state index in [4.69, 9.17) is 5.73 Å². The highest BCUT2D eigenvalue weighted by Gasteiger charge is 2.14. The SMILES string of the molecule is CCCC[C@@H](N)c1ccc2ccc3cccc4ccc1c2c34.Cl. The summed E-state index contributed by atoms with van der Waals surface area (Å²) in [4.78, 5) is 0. The predicted octanol–water partition coefficient (Wildman–Crippen LogP) is 6.20. The van der Waals surface area contributed by atoms with E-state index >= 15 is 0 Å². The van der Waals surface area contributed by atoms with Gasteiger partial charge in [-0.1, -0.05) is 74.4 Å². The van der Waals surface area contributed by atoms with Gasteiger partial charge in [-0.2, -0.15) is 0 Å². The summed E-state index contributed by atoms with van der Waals surface area (Å²) in [7, 11) is 0. The Morgan fingerprint density at radius 2 is 1.43 bits per heavy atom. The molecular weight excluding hydrogens is 302 g/mol. The van der Waals surface area contributed by atoms with Gasteiger partial charge < -0.3 is 5.73 Å². The average Bonchev–Trinajstić information content (AvgIpc) is 2.57. The van der Waals surface area contributed by atoms with Crippen LogP contribution in [0.4, 0.5) is 0 Å². The molecule has 4 aromatic rings. The van der Waals surface area contributed by atoms with Gasteiger partial charge in [-0.25, -0.2) is 0 Å². The van der Waals surface area contributed by atoms with E-state index < -0.39 is 0 Å². The van der Waals surface area contributed by atoms with Crippen LogP contribution < -0.4 is 5.73 Å². The Kier molecular flexibility index (Phi) is 4.43. The van der Waals surface area contributed by atoms with Crippen molar-refractivity contribution in [1.82, 2.24) is 0 Å². The van der Waals surface area contributed by atoms with Crippen LogP contribution in [-0.4, -0.2) is 0 Å². The van der Waals surface area contributed by atoms with Crippen LogP contribution in [0.5, 0.6) is 0 Å². The van der Waals surface area contributed by atoms with Gasteiger partial charge in [0.25, 0.3) is 0 Å². The van der Waals surface area contributed by atoms with Crippen LogP contribution in [0.1, 0.15) is 37.8 Å². The molecule has 0 aliphatic heterocycles. The average molecular weight is 324 g/mol. The van der Waals surface area contributed by atoms with Crippen molar-refractivity contribution in [3.8, 4) is 0 Å². The summed E-state index contributed by atoms with van der Waals surface area (Å²) in [5, 5.41) is 8.02. The van der Waals surface area contributed by atoms with Crippen molar-refractivity contribution in [2.45, 2.75) is 32.2 Å². The van der Waals surface area contributed by atoms with Crippen LogP contribution in [0.15, 0.2) is 54.6 Å². The molecule has 0 saturated carbocycles. The molecule has 0 heterocycles. The Morgan fingerprint density at radius 1 is 0.826 bits per heavy atom. The largest absolute Gasteiger partial charge is 0.324 e. The van der Waals surface area contributed by atoms with Gasteiger partial charge in [-0.05, 0) is 44.3 Å². The Bertz CT molecular complexity index is 929. The van der Waals surface area contributed by atoms with Crippen LogP contribution in [0.3, 0.4) is 0 Å². The Labute approximate surface area is 143 Å². The van der Waals surface area contributed by atoms with E-state index in [0.29, 0.717) is 0 Å². The molecule has 0 aromatic heterocycles. The van der Waals surface area contributed by atoms with E-state index in [1.54, 1.807) is 0 Å². The molecule has 0 unspecified atom stereocenters. The number of hydrogen-bond donors (Lipinski definition) is 1. The summed E-state index contributed by atoms with van der Waals surface area (Å²) < 4.78 is 0. The van der Waals surface area contributed by atoms with E-state index in [0.717, 1.165) is 6.42 Å². The zero-order chi connectivity index (χ0) is 15.1. The lowest BCUT2D eigenvalue weighted by atomic mass is 9.89. The summed E-state index contributed by atoms with van der Waals surface area (Å²) >= 11 is 0. The molecule has 0 spiro atoms. The molecule has 0 radical (unpaired) electrons. The number of hydrogen-bond acceptors (Lipinski definition) is 1. The molecule has 0 aliphatic carbocycles. The number of benzene rings is 4. The molecule has 0 amide bonds. The van der Waals surface area contributed by atoms with Crippen LogP contribution in [-0.2, 0) is 0 Å². The molecule has 2 N–H and O–H groups in total. The van der Waals surface area contributed by atoms with Crippen molar-refractivity contribution in [2.75, 3.05) is 0 Å². The van der Waals surface area contributed by atoms with Crippen molar-refractivity contribution >= 4 is 44.7 Å². The Hall–Kier alpha value is -1.83. The van der Waals surface area contributed by atoms with E-state index in [1.165, 1.54) is 50.7 Å². The first-order valence-electron chi connectivity index (χ1n) is 8.21. The first-order chi connectivity index (χ1) is 10.8. The van der Waals surface area contributed by atoms with Gasteiger partial charge in [-0.3, -0.25) is 0 Å². The number of unbranched alkanes of at least 4 members (excludes halogenated alkanes) is 1. The van der Waals surface area contributed by atoms with Gasteiger partial charge in [0.1, 0.15) is 0 Å². The molecule has 23 heavy (non-hydrogen) atoms. The lowest BCUT2D eigenvalue weighted by Gasteiger charge is -2.18. The third-order valence-corrected chi connectivity index (χ3v) is 4.83. The molecule has 0 saturated heterocycles. The second kappa shape index (κ2) is 6.35. The topological polar surface area (TPSA) is 26.0 Å². The molecule has 0 aliphatic rings. The minimum absolute atomic E-state index is 0. The quantitative estimate of drug-likeness (QED) is 0.445. The number of rotatable bonds is 4. The smallest absolute Gasteiger partial charge is 0.0301 e. The number of halogens is 1. The second-order valence-corrected chi connectivity index (χ2v) is 6.26. The minimum atomic E-state index is 0. The molecule has 0 bridgehead atoms. The standard InChI is InChI=1S/C21H21N.ClH/c1-2-3-7-19(22)17-12-10-16-9-8-14-5-4-6-15-11-13-18(17)21(16)20(14)15;/h4-6,8-13,19H,2-3,7,22H2,1H3;1H/t19-;/m1./s1. The summed E-state index contributed by atoms with van der Waals surface area (Å²) in [6, 6.07) is 20.1. The highest BCUT2D eigenvalue weighted by atomic mass is 35.5. The maximum absolute atomic E-state index is 6.48. The fraction of sp³-hybridized carbons (Fsp3) is 0.238. The summed E-state index contributed by atoms with van der Waals surface area (Å²) in [6.45, 7) is 2.22. The molecule has 4 aromatic carbocycles. The van der Waals surface area contributed by atoms with E-state index in [-0.39, 0.29) is 18.4 Å². The van der Waals surface area contributed by atoms with E-state index in [2.05, 4.69) is 61.5 Å². The van der Waals surface area contributed by atoms with Crippen molar-refractivity contribution in [3.05, 3.63) is 60.2 Å². The fourth-order valence-corrected chi connectivity index (χ4v) is 3.66. The van der Waals surface area contributed by atoms with Gasteiger partial charge >= 0.3 is 0 Å². The van der Waals surface area contributed by atoms with Crippen LogP contribution in [0, 0.1) is 0 Å². The van der Waals surface area contributed by atoms with Gasteiger partial charge in [0.05, 0.1) is 0 Å². The van der Waals surface area contributed by atoms with E-state index in [9.17, 15) is 0 Å². The van der Waals surface area contributed by atoms with E-state index in [1.807, 2.05) is 0 Å². The second-order valence-electron chi connectivity index (χ2n) is 6.26. The third kappa shape index (κ3) is 2.54. The summed E-state index contributed by atoms with van der Waals surface area (Å²) in [6.07, 6.45) is 3.43. The van der Waals surface area contributed by atoms with Crippen LogP contribution in [0.25, 0.3) is 32.3 Å². The minimum Gasteiger partial charge on any atom is -0.324 e. The lowest BCUT2D eigenvalue weighted by Crippen LogP contribution is -2.10. The zero-order valence-corrected chi connectivity index (χ0v) is 14.2. The highest BCUT2D eigenvalue weighted by molar-refractivity contribution is 6.23. The summed E-state index contributed by atoms with van der Waals surface area (Å²) in [5.41, 5.74) is 7.77. The molecule has 2 heteroatoms. The normalized spacial score (nSPS) is 12.8. The maximum Gasteiger partial charge on any atom is 0.0301 e. The van der Waals surface area contributed by atoms with Gasteiger partial charge in [-0.15, -0.1) is 12.4 Å². The van der Waals surface area contributed by atoms with Gasteiger partial charge in [0, 0.05) is 6.04 Å². The molecule has 118 valence electrons. The molecule has 4 rings (SSSR count). The Balaban J connectivity index is 0.00000156. The monoisotopic (exact) mass is 323 g/mol. The van der Waals surface area contributed by atoms with Gasteiger partial charge in [0.2, 0.25) is 0 Å². The zero-order valence-electron chi connectivity index (χ0n) is 13.4. The molecule has 1 atom stereocenters. The van der Waals surface area contributed by atoms with Crippen molar-refractivity contribution in [1.29, 1.82) is 0 Å². The number of nitrogens with two attached hydrogens (primary N) is 1. The first kappa shape index (κ1) is 16.0. The third-order valence-electron chi connectivity index (χ3n) is 4.83. The Morgan fingerprint density at radius 3 is 2.13 bits per heavy atom. The predicted molar refractivity (Wildman–Crippen MR) is 104 cm³/mol. The van der Waals surface area contributed by atoms with Crippen molar-refractivity contribution < 1.29 is 0 Å². The summed E-state index contributed by atoms with van der Waals surface area (Å²) in [5.74, 6) is 0. The molecule has 0 fully saturated rings.